The van der Waals surface area contributed by atoms with Crippen molar-refractivity contribution in [3.63, 3.8) is 0 Å². The Hall–Kier alpha value is -3.03. The molecule has 0 saturated carbocycles. The number of sulfone groups is 1. The van der Waals surface area contributed by atoms with Gasteiger partial charge in [0.25, 0.3) is 0 Å². The van der Waals surface area contributed by atoms with E-state index in [1.54, 1.807) is 17.0 Å². The van der Waals surface area contributed by atoms with Crippen LogP contribution in [-0.4, -0.2) is 25.1 Å². The van der Waals surface area contributed by atoms with Crippen molar-refractivity contribution in [2.75, 3.05) is 10.7 Å². The van der Waals surface area contributed by atoms with E-state index in [0.717, 1.165) is 32.5 Å². The second kappa shape index (κ2) is 10.5. The molecule has 0 aliphatic heterocycles. The molecule has 7 heteroatoms. The summed E-state index contributed by atoms with van der Waals surface area (Å²) in [7, 11) is -3.30. The molecule has 1 amide bonds. The first-order valence-corrected chi connectivity index (χ1v) is 13.9. The van der Waals surface area contributed by atoms with Crippen LogP contribution in [0.4, 0.5) is 5.13 Å². The summed E-state index contributed by atoms with van der Waals surface area (Å²) in [6.45, 7) is 4.46. The first-order valence-electron chi connectivity index (χ1n) is 11.3. The number of carbonyl (C=O) groups excluding carboxylic acids is 1. The van der Waals surface area contributed by atoms with Crippen molar-refractivity contribution in [1.29, 1.82) is 0 Å². The lowest BCUT2D eigenvalue weighted by Crippen LogP contribution is -2.30. The molecule has 0 fully saturated rings. The van der Waals surface area contributed by atoms with Crippen LogP contribution in [0, 0.1) is 13.8 Å². The molecule has 4 rings (SSSR count). The molecule has 34 heavy (non-hydrogen) atoms. The highest BCUT2D eigenvalue weighted by molar-refractivity contribution is 7.90. The Morgan fingerprint density at radius 1 is 0.882 bits per heavy atom. The maximum Gasteiger partial charge on any atom is 0.229 e. The van der Waals surface area contributed by atoms with Gasteiger partial charge >= 0.3 is 0 Å². The molecule has 0 aliphatic carbocycles. The standard InChI is InChI=1S/C27H28N2O3S2/c1-20-15-16-21(2)26-25(20)28-27(33-26)29(18-22-10-5-3-6-11-22)24(30)14-9-17-34(31,32)19-23-12-7-4-8-13-23/h3-8,10-13,15-16H,9,14,17-19H2,1-2H3. The molecule has 0 radical (unpaired) electrons. The fraction of sp³-hybridized carbons (Fsp3) is 0.259. The number of nitrogens with zero attached hydrogens (tertiary/aromatic N) is 2. The quantitative estimate of drug-likeness (QED) is 0.294. The zero-order chi connectivity index (χ0) is 24.1. The number of aromatic nitrogens is 1. The molecule has 4 aromatic rings. The van der Waals surface area contributed by atoms with Crippen molar-refractivity contribution in [3.05, 3.63) is 95.1 Å². The van der Waals surface area contributed by atoms with Gasteiger partial charge in [0.1, 0.15) is 0 Å². The summed E-state index contributed by atoms with van der Waals surface area (Å²) >= 11 is 1.51. The highest BCUT2D eigenvalue weighted by atomic mass is 32.2. The van der Waals surface area contributed by atoms with E-state index in [1.165, 1.54) is 11.3 Å². The fourth-order valence-corrected chi connectivity index (χ4v) is 6.43. The zero-order valence-electron chi connectivity index (χ0n) is 19.4. The average molecular weight is 493 g/mol. The van der Waals surface area contributed by atoms with E-state index in [-0.39, 0.29) is 30.3 Å². The third kappa shape index (κ3) is 5.90. The Labute approximate surface area is 205 Å². The predicted octanol–water partition coefficient (Wildman–Crippen LogP) is 5.84. The Kier molecular flexibility index (Phi) is 7.44. The van der Waals surface area contributed by atoms with E-state index >= 15 is 0 Å². The maximum absolute atomic E-state index is 13.3. The van der Waals surface area contributed by atoms with Gasteiger partial charge in [-0.1, -0.05) is 84.1 Å². The van der Waals surface area contributed by atoms with E-state index in [4.69, 9.17) is 4.98 Å². The molecular weight excluding hydrogens is 464 g/mol. The van der Waals surface area contributed by atoms with Crippen molar-refractivity contribution < 1.29 is 13.2 Å². The van der Waals surface area contributed by atoms with E-state index in [2.05, 4.69) is 6.07 Å². The lowest BCUT2D eigenvalue weighted by molar-refractivity contribution is -0.118. The maximum atomic E-state index is 13.3. The summed E-state index contributed by atoms with van der Waals surface area (Å²) in [5.74, 6) is -0.148. The normalized spacial score (nSPS) is 11.6. The van der Waals surface area contributed by atoms with Gasteiger partial charge in [-0.3, -0.25) is 9.69 Å². The minimum Gasteiger partial charge on any atom is -0.284 e. The van der Waals surface area contributed by atoms with E-state index in [1.807, 2.05) is 68.4 Å². The number of thiazole rings is 1. The lowest BCUT2D eigenvalue weighted by atomic mass is 10.1. The number of anilines is 1. The Morgan fingerprint density at radius 2 is 1.50 bits per heavy atom. The van der Waals surface area contributed by atoms with Gasteiger partial charge in [0, 0.05) is 6.42 Å². The number of carbonyl (C=O) groups is 1. The van der Waals surface area contributed by atoms with Gasteiger partial charge in [0.2, 0.25) is 5.91 Å². The summed E-state index contributed by atoms with van der Waals surface area (Å²) in [6.07, 6.45) is 0.428. The van der Waals surface area contributed by atoms with Crippen LogP contribution in [-0.2, 0) is 26.9 Å². The van der Waals surface area contributed by atoms with Gasteiger partial charge in [-0.25, -0.2) is 13.4 Å². The molecule has 1 heterocycles. The SMILES string of the molecule is Cc1ccc(C)c2sc(N(Cc3ccccc3)C(=O)CCCS(=O)(=O)Cc3ccccc3)nc12. The Balaban J connectivity index is 1.52. The molecule has 0 bridgehead atoms. The number of aryl methyl sites for hydroxylation is 2. The number of amides is 1. The smallest absolute Gasteiger partial charge is 0.229 e. The number of rotatable bonds is 9. The predicted molar refractivity (Wildman–Crippen MR) is 140 cm³/mol. The van der Waals surface area contributed by atoms with Gasteiger partial charge in [-0.2, -0.15) is 0 Å². The average Bonchev–Trinajstić information content (AvgIpc) is 3.27. The molecule has 0 saturated heterocycles. The van der Waals surface area contributed by atoms with Crippen molar-refractivity contribution in [1.82, 2.24) is 4.98 Å². The number of hydrogen-bond acceptors (Lipinski definition) is 5. The van der Waals surface area contributed by atoms with Gasteiger partial charge in [-0.15, -0.1) is 0 Å². The third-order valence-corrected chi connectivity index (χ3v) is 8.62. The molecule has 5 nitrogen and oxygen atoms in total. The van der Waals surface area contributed by atoms with Gasteiger partial charge in [0.05, 0.1) is 28.3 Å². The second-order valence-corrected chi connectivity index (χ2v) is 11.7. The second-order valence-electron chi connectivity index (χ2n) is 8.52. The van der Waals surface area contributed by atoms with Crippen LogP contribution in [0.1, 0.15) is 35.1 Å². The highest BCUT2D eigenvalue weighted by Crippen LogP contribution is 2.34. The first kappa shape index (κ1) is 24.1. The zero-order valence-corrected chi connectivity index (χ0v) is 21.0. The van der Waals surface area contributed by atoms with Crippen molar-refractivity contribution in [3.8, 4) is 0 Å². The van der Waals surface area contributed by atoms with Crippen molar-refractivity contribution >= 4 is 42.4 Å². The molecule has 0 spiro atoms. The van der Waals surface area contributed by atoms with E-state index in [0.29, 0.717) is 11.7 Å². The monoisotopic (exact) mass is 492 g/mol. The van der Waals surface area contributed by atoms with Crippen LogP contribution in [0.5, 0.6) is 0 Å². The molecule has 1 aromatic heterocycles. The Bertz CT molecular complexity index is 1340. The molecule has 3 aromatic carbocycles. The van der Waals surface area contributed by atoms with Gasteiger partial charge < -0.3 is 0 Å². The van der Waals surface area contributed by atoms with E-state index in [9.17, 15) is 13.2 Å². The topological polar surface area (TPSA) is 67.3 Å². The van der Waals surface area contributed by atoms with Gasteiger partial charge in [-0.05, 0) is 42.5 Å². The van der Waals surface area contributed by atoms with Crippen LogP contribution < -0.4 is 4.90 Å². The minimum atomic E-state index is -3.30. The first-order chi connectivity index (χ1) is 16.3. The molecule has 0 N–H and O–H groups in total. The number of hydrogen-bond donors (Lipinski definition) is 0. The minimum absolute atomic E-state index is 0.00775. The van der Waals surface area contributed by atoms with E-state index < -0.39 is 9.84 Å². The third-order valence-electron chi connectivity index (χ3n) is 5.72. The highest BCUT2D eigenvalue weighted by Gasteiger charge is 2.22. The lowest BCUT2D eigenvalue weighted by Gasteiger charge is -2.20. The summed E-state index contributed by atoms with van der Waals surface area (Å²) < 4.78 is 26.2. The number of benzene rings is 3. The largest absolute Gasteiger partial charge is 0.284 e. The summed E-state index contributed by atoms with van der Waals surface area (Å²) in [5.41, 5.74) is 4.88. The van der Waals surface area contributed by atoms with Crippen LogP contribution in [0.2, 0.25) is 0 Å². The molecule has 0 unspecified atom stereocenters. The summed E-state index contributed by atoms with van der Waals surface area (Å²) in [4.78, 5) is 19.8. The summed E-state index contributed by atoms with van der Waals surface area (Å²) in [5, 5.41) is 0.647. The molecule has 176 valence electrons. The van der Waals surface area contributed by atoms with Crippen LogP contribution >= 0.6 is 11.3 Å². The molecule has 0 aliphatic rings. The van der Waals surface area contributed by atoms with Gasteiger partial charge in [0.15, 0.2) is 15.0 Å². The number of fused-ring (bicyclic) bond motifs is 1. The molecular formula is C27H28N2O3S2. The Morgan fingerprint density at radius 3 is 2.15 bits per heavy atom. The fourth-order valence-electron chi connectivity index (χ4n) is 3.87. The van der Waals surface area contributed by atoms with Crippen LogP contribution in [0.3, 0.4) is 0 Å². The summed E-state index contributed by atoms with van der Waals surface area (Å²) in [6, 6.07) is 23.0. The van der Waals surface area contributed by atoms with Crippen molar-refractivity contribution in [2.24, 2.45) is 0 Å². The van der Waals surface area contributed by atoms with Crippen LogP contribution in [0.25, 0.3) is 10.2 Å². The molecule has 0 atom stereocenters. The van der Waals surface area contributed by atoms with Crippen LogP contribution in [0.15, 0.2) is 72.8 Å². The van der Waals surface area contributed by atoms with Crippen molar-refractivity contribution in [2.45, 2.75) is 39.0 Å².